The molecule has 0 spiro atoms. The van der Waals surface area contributed by atoms with Crippen LogP contribution in [-0.2, 0) is 30.4 Å². The number of fused-ring (bicyclic) bond motifs is 1. The van der Waals surface area contributed by atoms with Crippen molar-refractivity contribution in [2.45, 2.75) is 6.54 Å². The number of barbiturate groups is 1. The molecule has 174 valence electrons. The molecule has 2 heterocycles. The lowest BCUT2D eigenvalue weighted by Gasteiger charge is -2.33. The molecule has 0 atom stereocenters. The Bertz CT molecular complexity index is 1290. The Labute approximate surface area is 195 Å². The van der Waals surface area contributed by atoms with Gasteiger partial charge in [-0.25, -0.2) is 9.69 Å². The highest BCUT2D eigenvalue weighted by atomic mass is 16.5. The van der Waals surface area contributed by atoms with Crippen LogP contribution in [0.2, 0.25) is 0 Å². The number of rotatable bonds is 7. The van der Waals surface area contributed by atoms with E-state index in [1.165, 1.54) is 20.3 Å². The lowest BCUT2D eigenvalue weighted by molar-refractivity contribution is -0.141. The number of carbonyl (C=O) groups excluding carboxylic acids is 4. The molecule has 1 aliphatic rings. The number of aromatic nitrogens is 1. The number of anilines is 1. The second-order valence-electron chi connectivity index (χ2n) is 7.57. The summed E-state index contributed by atoms with van der Waals surface area (Å²) in [4.78, 5) is 53.6. The predicted octanol–water partition coefficient (Wildman–Crippen LogP) is 2.84. The summed E-state index contributed by atoms with van der Waals surface area (Å²) in [5, 5.41) is 0.742. The third-order valence-electron chi connectivity index (χ3n) is 5.51. The molecule has 0 unspecified atom stereocenters. The van der Waals surface area contributed by atoms with Gasteiger partial charge in [0.1, 0.15) is 12.1 Å². The Balaban J connectivity index is 1.83. The first-order valence-corrected chi connectivity index (χ1v) is 10.6. The maximum atomic E-state index is 13.4. The lowest BCUT2D eigenvalue weighted by atomic mass is 10.0. The average Bonchev–Trinajstić information content (AvgIpc) is 3.19. The molecule has 0 aliphatic carbocycles. The molecule has 4 amide bonds. The first kappa shape index (κ1) is 22.9. The SMILES string of the molecule is COCCN1C(=O)/C(=C/c2cn(CC(=O)OC)c3ccccc23)C(=O)N(c2ccccc2)C1=O. The van der Waals surface area contributed by atoms with Crippen molar-refractivity contribution >= 4 is 46.5 Å². The molecule has 9 heteroatoms. The van der Waals surface area contributed by atoms with E-state index in [0.717, 1.165) is 20.7 Å². The van der Waals surface area contributed by atoms with Crippen molar-refractivity contribution in [3.63, 3.8) is 0 Å². The number of urea groups is 1. The van der Waals surface area contributed by atoms with Gasteiger partial charge < -0.3 is 14.0 Å². The first-order valence-electron chi connectivity index (χ1n) is 10.6. The smallest absolute Gasteiger partial charge is 0.338 e. The highest BCUT2D eigenvalue weighted by Gasteiger charge is 2.42. The normalized spacial score (nSPS) is 15.5. The van der Waals surface area contributed by atoms with Crippen LogP contribution in [0, 0.1) is 0 Å². The predicted molar refractivity (Wildman–Crippen MR) is 125 cm³/mol. The van der Waals surface area contributed by atoms with E-state index in [2.05, 4.69) is 0 Å². The number of hydrogen-bond donors (Lipinski definition) is 0. The summed E-state index contributed by atoms with van der Waals surface area (Å²) in [7, 11) is 2.77. The van der Waals surface area contributed by atoms with Crippen molar-refractivity contribution in [1.82, 2.24) is 9.47 Å². The highest BCUT2D eigenvalue weighted by molar-refractivity contribution is 6.39. The van der Waals surface area contributed by atoms with Crippen LogP contribution >= 0.6 is 0 Å². The minimum absolute atomic E-state index is 0.00772. The van der Waals surface area contributed by atoms with Crippen LogP contribution in [0.5, 0.6) is 0 Å². The van der Waals surface area contributed by atoms with Crippen molar-refractivity contribution in [3.05, 3.63) is 71.9 Å². The molecule has 9 nitrogen and oxygen atoms in total. The fourth-order valence-electron chi connectivity index (χ4n) is 3.84. The van der Waals surface area contributed by atoms with Gasteiger partial charge in [-0.2, -0.15) is 0 Å². The largest absolute Gasteiger partial charge is 0.468 e. The molecule has 0 bridgehead atoms. The van der Waals surface area contributed by atoms with Crippen LogP contribution in [0.25, 0.3) is 17.0 Å². The van der Waals surface area contributed by atoms with Gasteiger partial charge in [-0.05, 0) is 24.3 Å². The van der Waals surface area contributed by atoms with Gasteiger partial charge in [0, 0.05) is 29.8 Å². The van der Waals surface area contributed by atoms with Gasteiger partial charge >= 0.3 is 12.0 Å². The zero-order valence-electron chi connectivity index (χ0n) is 18.8. The monoisotopic (exact) mass is 461 g/mol. The van der Waals surface area contributed by atoms with Gasteiger partial charge in [0.15, 0.2) is 0 Å². The fourth-order valence-corrected chi connectivity index (χ4v) is 3.84. The van der Waals surface area contributed by atoms with Gasteiger partial charge in [-0.1, -0.05) is 36.4 Å². The zero-order chi connectivity index (χ0) is 24.2. The molecule has 1 aromatic heterocycles. The molecule has 34 heavy (non-hydrogen) atoms. The maximum absolute atomic E-state index is 13.4. The maximum Gasteiger partial charge on any atom is 0.338 e. The summed E-state index contributed by atoms with van der Waals surface area (Å²) in [6, 6.07) is 15.0. The summed E-state index contributed by atoms with van der Waals surface area (Å²) in [6.45, 7) is 0.0862. The Kier molecular flexibility index (Phi) is 6.55. The van der Waals surface area contributed by atoms with E-state index in [1.807, 2.05) is 24.3 Å². The third-order valence-corrected chi connectivity index (χ3v) is 5.51. The Morgan fingerprint density at radius 1 is 0.941 bits per heavy atom. The van der Waals surface area contributed by atoms with E-state index in [1.54, 1.807) is 41.1 Å². The van der Waals surface area contributed by atoms with E-state index >= 15 is 0 Å². The molecule has 3 aromatic rings. The van der Waals surface area contributed by atoms with Crippen molar-refractivity contribution in [2.24, 2.45) is 0 Å². The van der Waals surface area contributed by atoms with E-state index in [-0.39, 0.29) is 25.3 Å². The molecule has 1 fully saturated rings. The molecule has 0 saturated carbocycles. The van der Waals surface area contributed by atoms with Crippen molar-refractivity contribution in [1.29, 1.82) is 0 Å². The highest BCUT2D eigenvalue weighted by Crippen LogP contribution is 2.29. The third kappa shape index (κ3) is 4.20. The standard InChI is InChI=1S/C25H23N3O6/c1-33-13-12-27-23(30)20(24(31)28(25(27)32)18-8-4-3-5-9-18)14-17-15-26(16-22(29)34-2)21-11-7-6-10-19(17)21/h3-11,14-15H,12-13,16H2,1-2H3/b20-14-. The van der Waals surface area contributed by atoms with Crippen LogP contribution in [0.1, 0.15) is 5.56 Å². The molecular weight excluding hydrogens is 438 g/mol. The van der Waals surface area contributed by atoms with Crippen LogP contribution in [0.3, 0.4) is 0 Å². The summed E-state index contributed by atoms with van der Waals surface area (Å²) in [6.07, 6.45) is 3.14. The number of amides is 4. The van der Waals surface area contributed by atoms with Gasteiger partial charge in [-0.15, -0.1) is 0 Å². The Morgan fingerprint density at radius 2 is 1.65 bits per heavy atom. The van der Waals surface area contributed by atoms with E-state index in [9.17, 15) is 19.2 Å². The van der Waals surface area contributed by atoms with Crippen molar-refractivity contribution in [2.75, 3.05) is 32.3 Å². The van der Waals surface area contributed by atoms with E-state index < -0.39 is 23.8 Å². The topological polar surface area (TPSA) is 98.2 Å². The molecule has 0 N–H and O–H groups in total. The summed E-state index contributed by atoms with van der Waals surface area (Å²) in [5.41, 5.74) is 1.49. The van der Waals surface area contributed by atoms with Gasteiger partial charge in [0.2, 0.25) is 0 Å². The summed E-state index contributed by atoms with van der Waals surface area (Å²) < 4.78 is 11.5. The molecule has 0 radical (unpaired) electrons. The number of hydrogen-bond acceptors (Lipinski definition) is 6. The number of methoxy groups -OCH3 is 2. The summed E-state index contributed by atoms with van der Waals surface area (Å²) in [5.74, 6) is -1.86. The lowest BCUT2D eigenvalue weighted by Crippen LogP contribution is -2.57. The van der Waals surface area contributed by atoms with E-state index in [4.69, 9.17) is 9.47 Å². The van der Waals surface area contributed by atoms with Crippen molar-refractivity contribution in [3.8, 4) is 0 Å². The fraction of sp³-hybridized carbons (Fsp3) is 0.200. The number of imide groups is 2. The van der Waals surface area contributed by atoms with Crippen LogP contribution < -0.4 is 4.90 Å². The van der Waals surface area contributed by atoms with Crippen LogP contribution in [0.4, 0.5) is 10.5 Å². The number of ether oxygens (including phenoxy) is 2. The summed E-state index contributed by atoms with van der Waals surface area (Å²) >= 11 is 0. The average molecular weight is 461 g/mol. The molecule has 4 rings (SSSR count). The Hall–Kier alpha value is -4.24. The molecule has 1 saturated heterocycles. The van der Waals surface area contributed by atoms with Gasteiger partial charge in [-0.3, -0.25) is 19.3 Å². The molecular formula is C25H23N3O6. The number of carbonyl (C=O) groups is 4. The van der Waals surface area contributed by atoms with Gasteiger partial charge in [0.05, 0.1) is 25.9 Å². The quantitative estimate of drug-likeness (QED) is 0.305. The second-order valence-corrected chi connectivity index (χ2v) is 7.57. The minimum Gasteiger partial charge on any atom is -0.468 e. The van der Waals surface area contributed by atoms with Crippen LogP contribution in [-0.4, -0.2) is 60.7 Å². The van der Waals surface area contributed by atoms with Crippen LogP contribution in [0.15, 0.2) is 66.4 Å². The number of para-hydroxylation sites is 2. The molecule has 2 aromatic carbocycles. The molecule has 1 aliphatic heterocycles. The number of esters is 1. The number of benzene rings is 2. The first-order chi connectivity index (χ1) is 16.5. The zero-order valence-corrected chi connectivity index (χ0v) is 18.8. The second kappa shape index (κ2) is 9.72. The Morgan fingerprint density at radius 3 is 2.35 bits per heavy atom. The van der Waals surface area contributed by atoms with Crippen molar-refractivity contribution < 1.29 is 28.7 Å². The minimum atomic E-state index is -0.733. The van der Waals surface area contributed by atoms with Gasteiger partial charge in [0.25, 0.3) is 11.8 Å². The van der Waals surface area contributed by atoms with E-state index in [0.29, 0.717) is 11.3 Å². The number of nitrogens with zero attached hydrogens (tertiary/aromatic N) is 3.